The van der Waals surface area contributed by atoms with Crippen molar-refractivity contribution >= 4 is 48.6 Å². The summed E-state index contributed by atoms with van der Waals surface area (Å²) in [6.45, 7) is 2.23. The largest absolute Gasteiger partial charge is 0.508 e. The maximum absolute atomic E-state index is 13.5. The standard InChI is InChI=1S/C24H26Br2O5/c1-2-3-4-8-20-22(23(29)15-10-17(25)24(30)18(26)11-15)16-13-19(28)14(7-5-6-9-27)12-21(16)31-20/h10-13,27-28,30H,2-9H2,1H3. The number of phenolic OH excluding ortho intramolecular Hbond substituents is 2. The van der Waals surface area contributed by atoms with Gasteiger partial charge in [0.05, 0.1) is 14.5 Å². The number of hydrogen-bond acceptors (Lipinski definition) is 5. The number of halogens is 2. The van der Waals surface area contributed by atoms with E-state index in [9.17, 15) is 15.0 Å². The van der Waals surface area contributed by atoms with Gasteiger partial charge in [0, 0.05) is 24.0 Å². The minimum absolute atomic E-state index is 0.0296. The molecule has 0 spiro atoms. The van der Waals surface area contributed by atoms with E-state index in [0.29, 0.717) is 56.1 Å². The molecular weight excluding hydrogens is 528 g/mol. The lowest BCUT2D eigenvalue weighted by atomic mass is 9.96. The molecule has 0 unspecified atom stereocenters. The van der Waals surface area contributed by atoms with Crippen LogP contribution in [-0.2, 0) is 12.8 Å². The summed E-state index contributed by atoms with van der Waals surface area (Å²) in [6, 6.07) is 6.57. The summed E-state index contributed by atoms with van der Waals surface area (Å²) in [7, 11) is 0. The topological polar surface area (TPSA) is 90.9 Å². The number of aromatic hydroxyl groups is 2. The number of aryl methyl sites for hydroxylation is 2. The van der Waals surface area contributed by atoms with E-state index in [1.807, 2.05) is 0 Å². The first-order chi connectivity index (χ1) is 14.9. The Morgan fingerprint density at radius 3 is 2.29 bits per heavy atom. The van der Waals surface area contributed by atoms with Crippen LogP contribution in [0.5, 0.6) is 11.5 Å². The molecule has 0 atom stereocenters. The van der Waals surface area contributed by atoms with E-state index < -0.39 is 0 Å². The van der Waals surface area contributed by atoms with Gasteiger partial charge in [-0.2, -0.15) is 0 Å². The molecule has 3 N–H and O–H groups in total. The van der Waals surface area contributed by atoms with E-state index in [4.69, 9.17) is 9.52 Å². The van der Waals surface area contributed by atoms with E-state index in [-0.39, 0.29) is 23.9 Å². The van der Waals surface area contributed by atoms with E-state index >= 15 is 0 Å². The van der Waals surface area contributed by atoms with Crippen LogP contribution in [0.15, 0.2) is 37.6 Å². The first-order valence-corrected chi connectivity index (χ1v) is 12.1. The average Bonchev–Trinajstić information content (AvgIpc) is 3.08. The quantitative estimate of drug-likeness (QED) is 0.193. The van der Waals surface area contributed by atoms with E-state index in [1.165, 1.54) is 0 Å². The molecule has 0 fully saturated rings. The fourth-order valence-corrected chi connectivity index (χ4v) is 4.84. The van der Waals surface area contributed by atoms with Gasteiger partial charge in [-0.3, -0.25) is 4.79 Å². The smallest absolute Gasteiger partial charge is 0.197 e. The van der Waals surface area contributed by atoms with Gasteiger partial charge in [0.15, 0.2) is 5.78 Å². The van der Waals surface area contributed by atoms with E-state index in [1.54, 1.807) is 24.3 Å². The van der Waals surface area contributed by atoms with Crippen molar-refractivity contribution in [1.82, 2.24) is 0 Å². The zero-order valence-corrected chi connectivity index (χ0v) is 20.6. The van der Waals surface area contributed by atoms with Gasteiger partial charge in [0.1, 0.15) is 22.8 Å². The molecule has 166 valence electrons. The molecule has 0 saturated heterocycles. The number of aliphatic hydroxyl groups is 1. The predicted molar refractivity (Wildman–Crippen MR) is 128 cm³/mol. The second-order valence-corrected chi connectivity index (χ2v) is 9.34. The van der Waals surface area contributed by atoms with Crippen molar-refractivity contribution in [2.24, 2.45) is 0 Å². The molecule has 0 aliphatic rings. The maximum Gasteiger partial charge on any atom is 0.197 e. The monoisotopic (exact) mass is 552 g/mol. The van der Waals surface area contributed by atoms with E-state index in [2.05, 4.69) is 38.8 Å². The van der Waals surface area contributed by atoms with Crippen molar-refractivity contribution in [1.29, 1.82) is 0 Å². The third kappa shape index (κ3) is 5.33. The molecule has 0 amide bonds. The van der Waals surface area contributed by atoms with Crippen molar-refractivity contribution in [3.8, 4) is 11.5 Å². The van der Waals surface area contributed by atoms with Gasteiger partial charge in [-0.25, -0.2) is 0 Å². The van der Waals surface area contributed by atoms with Crippen LogP contribution in [0.25, 0.3) is 11.0 Å². The normalized spacial score (nSPS) is 11.4. The van der Waals surface area contributed by atoms with Gasteiger partial charge in [0.25, 0.3) is 0 Å². The lowest BCUT2D eigenvalue weighted by Gasteiger charge is -2.07. The highest BCUT2D eigenvalue weighted by Gasteiger charge is 2.24. The highest BCUT2D eigenvalue weighted by Crippen LogP contribution is 2.37. The number of hydrogen-bond donors (Lipinski definition) is 3. The Bertz CT molecular complexity index is 1060. The highest BCUT2D eigenvalue weighted by atomic mass is 79.9. The fraction of sp³-hybridized carbons (Fsp3) is 0.375. The van der Waals surface area contributed by atoms with Crippen molar-refractivity contribution in [2.75, 3.05) is 6.61 Å². The number of carbonyl (C=O) groups excluding carboxylic acids is 1. The third-order valence-corrected chi connectivity index (χ3v) is 6.54. The molecule has 2 aromatic carbocycles. The molecule has 3 aromatic rings. The first-order valence-electron chi connectivity index (χ1n) is 10.5. The molecule has 0 aliphatic carbocycles. The Hall–Kier alpha value is -1.83. The molecule has 7 heteroatoms. The van der Waals surface area contributed by atoms with Gasteiger partial charge in [0.2, 0.25) is 0 Å². The molecule has 0 bridgehead atoms. The summed E-state index contributed by atoms with van der Waals surface area (Å²) < 4.78 is 6.95. The molecule has 3 rings (SSSR count). The van der Waals surface area contributed by atoms with Crippen LogP contribution < -0.4 is 0 Å². The number of phenols is 2. The van der Waals surface area contributed by atoms with Crippen LogP contribution >= 0.6 is 31.9 Å². The molecule has 0 radical (unpaired) electrons. The van der Waals surface area contributed by atoms with Gasteiger partial charge in [-0.1, -0.05) is 19.8 Å². The number of rotatable bonds is 10. The Balaban J connectivity index is 2.09. The summed E-state index contributed by atoms with van der Waals surface area (Å²) >= 11 is 6.57. The Kier molecular flexibility index (Phi) is 8.19. The van der Waals surface area contributed by atoms with Crippen LogP contribution in [0.1, 0.15) is 66.3 Å². The van der Waals surface area contributed by atoms with Gasteiger partial charge in [-0.05, 0) is 87.4 Å². The zero-order chi connectivity index (χ0) is 22.5. The number of carbonyl (C=O) groups is 1. The molecule has 31 heavy (non-hydrogen) atoms. The van der Waals surface area contributed by atoms with Crippen LogP contribution in [-0.4, -0.2) is 27.7 Å². The Labute approximate surface area is 198 Å². The van der Waals surface area contributed by atoms with Gasteiger partial charge in [-0.15, -0.1) is 0 Å². The molecule has 1 heterocycles. The minimum Gasteiger partial charge on any atom is -0.508 e. The summed E-state index contributed by atoms with van der Waals surface area (Å²) in [5.41, 5.74) is 2.17. The first kappa shape index (κ1) is 23.8. The van der Waals surface area contributed by atoms with E-state index in [0.717, 1.165) is 31.2 Å². The number of ketones is 1. The summed E-state index contributed by atoms with van der Waals surface area (Å²) in [5.74, 6) is 0.537. The summed E-state index contributed by atoms with van der Waals surface area (Å²) in [5, 5.41) is 30.2. The molecule has 5 nitrogen and oxygen atoms in total. The SMILES string of the molecule is CCCCCc1oc2cc(CCCCO)c(O)cc2c1C(=O)c1cc(Br)c(O)c(Br)c1. The van der Waals surface area contributed by atoms with Crippen molar-refractivity contribution in [3.05, 3.63) is 55.7 Å². The molecule has 0 saturated carbocycles. The molecule has 0 aliphatic heterocycles. The lowest BCUT2D eigenvalue weighted by Crippen LogP contribution is -2.04. The van der Waals surface area contributed by atoms with Crippen molar-refractivity contribution in [3.63, 3.8) is 0 Å². The molecule has 1 aromatic heterocycles. The average molecular weight is 554 g/mol. The maximum atomic E-state index is 13.5. The van der Waals surface area contributed by atoms with Gasteiger partial charge >= 0.3 is 0 Å². The number of unbranched alkanes of at least 4 members (excludes halogenated alkanes) is 3. The second-order valence-electron chi connectivity index (χ2n) is 7.63. The van der Waals surface area contributed by atoms with Crippen molar-refractivity contribution in [2.45, 2.75) is 51.9 Å². The number of aliphatic hydroxyl groups excluding tert-OH is 1. The van der Waals surface area contributed by atoms with Crippen molar-refractivity contribution < 1.29 is 24.5 Å². The minimum atomic E-state index is -0.223. The fourth-order valence-electron chi connectivity index (χ4n) is 3.65. The Morgan fingerprint density at radius 2 is 1.65 bits per heavy atom. The van der Waals surface area contributed by atoms with Crippen LogP contribution in [0.4, 0.5) is 0 Å². The summed E-state index contributed by atoms with van der Waals surface area (Å²) in [6.07, 6.45) is 5.64. The van der Waals surface area contributed by atoms with Gasteiger partial charge < -0.3 is 19.7 Å². The second kappa shape index (κ2) is 10.7. The molecular formula is C24H26Br2O5. The zero-order valence-electron chi connectivity index (χ0n) is 17.4. The number of fused-ring (bicyclic) bond motifs is 1. The lowest BCUT2D eigenvalue weighted by molar-refractivity contribution is 0.103. The predicted octanol–water partition coefficient (Wildman–Crippen LogP) is 6.65. The van der Waals surface area contributed by atoms with Crippen LogP contribution in [0, 0.1) is 0 Å². The van der Waals surface area contributed by atoms with Crippen LogP contribution in [0.2, 0.25) is 0 Å². The number of furan rings is 1. The summed E-state index contributed by atoms with van der Waals surface area (Å²) in [4.78, 5) is 13.5. The number of benzene rings is 2. The van der Waals surface area contributed by atoms with Crippen LogP contribution in [0.3, 0.4) is 0 Å². The third-order valence-electron chi connectivity index (χ3n) is 5.33. The highest BCUT2D eigenvalue weighted by molar-refractivity contribution is 9.11. The Morgan fingerprint density at radius 1 is 0.968 bits per heavy atom.